The number of rotatable bonds is 5. The Morgan fingerprint density at radius 3 is 2.44 bits per heavy atom. The zero-order valence-corrected chi connectivity index (χ0v) is 18.2. The van der Waals surface area contributed by atoms with E-state index in [1.54, 1.807) is 35.9 Å². The second-order valence-corrected chi connectivity index (χ2v) is 7.93. The van der Waals surface area contributed by atoms with E-state index in [0.29, 0.717) is 29.6 Å². The number of ketones is 1. The van der Waals surface area contributed by atoms with Gasteiger partial charge >= 0.3 is 5.69 Å². The summed E-state index contributed by atoms with van der Waals surface area (Å²) in [5.41, 5.74) is 1.32. The van der Waals surface area contributed by atoms with Crippen LogP contribution in [-0.2, 0) is 25.4 Å². The van der Waals surface area contributed by atoms with Gasteiger partial charge in [0.25, 0.3) is 11.5 Å². The zero-order valence-electron chi connectivity index (χ0n) is 18.2. The van der Waals surface area contributed by atoms with Crippen LogP contribution >= 0.6 is 0 Å². The molecular formula is C24H24N4O4. The number of benzene rings is 1. The van der Waals surface area contributed by atoms with Crippen LogP contribution < -0.4 is 16.6 Å². The Kier molecular flexibility index (Phi) is 5.52. The van der Waals surface area contributed by atoms with Gasteiger partial charge in [0, 0.05) is 26.2 Å². The Morgan fingerprint density at radius 1 is 1.09 bits per heavy atom. The van der Waals surface area contributed by atoms with Crippen molar-refractivity contribution in [3.8, 4) is 0 Å². The van der Waals surface area contributed by atoms with Crippen LogP contribution in [0.4, 0.5) is 0 Å². The summed E-state index contributed by atoms with van der Waals surface area (Å²) in [5, 5.41) is 3.25. The lowest BCUT2D eigenvalue weighted by Gasteiger charge is -2.18. The van der Waals surface area contributed by atoms with Gasteiger partial charge in [0.1, 0.15) is 11.3 Å². The first-order valence-electron chi connectivity index (χ1n) is 10.3. The number of fused-ring (bicyclic) bond motifs is 1. The molecule has 0 radical (unpaired) electrons. The third kappa shape index (κ3) is 3.75. The first kappa shape index (κ1) is 21.3. The number of Topliss-reactive ketones (excluding diaryl/α,β-unsaturated/α-hetero) is 1. The lowest BCUT2D eigenvalue weighted by atomic mass is 10.0. The first-order valence-corrected chi connectivity index (χ1v) is 10.3. The summed E-state index contributed by atoms with van der Waals surface area (Å²) in [5.74, 6) is -0.383. The van der Waals surface area contributed by atoms with Crippen molar-refractivity contribution < 1.29 is 9.59 Å². The van der Waals surface area contributed by atoms with Gasteiger partial charge in [0.2, 0.25) is 0 Å². The molecule has 4 rings (SSSR count). The molecule has 0 bridgehead atoms. The fourth-order valence-electron chi connectivity index (χ4n) is 3.99. The molecular weight excluding hydrogens is 408 g/mol. The molecule has 3 aromatic rings. The normalized spacial score (nSPS) is 15.6. The second kappa shape index (κ2) is 8.30. The van der Waals surface area contributed by atoms with E-state index in [4.69, 9.17) is 0 Å². The number of carbonyl (C=O) groups excluding carboxylic acids is 2. The van der Waals surface area contributed by atoms with E-state index in [2.05, 4.69) is 5.32 Å². The molecule has 1 aliphatic rings. The SMILES string of the molecule is CC(=O)C1=CC[C@H](NC(=O)c2cc3c(=O)n(C)c(=O)n(C)c3n2Cc2ccccc2)C=C1. The average molecular weight is 432 g/mol. The summed E-state index contributed by atoms with van der Waals surface area (Å²) in [6.07, 6.45) is 5.78. The molecule has 1 N–H and O–H groups in total. The Bertz CT molecular complexity index is 1400. The lowest BCUT2D eigenvalue weighted by Crippen LogP contribution is -2.37. The molecule has 0 saturated heterocycles. The van der Waals surface area contributed by atoms with Crippen molar-refractivity contribution in [1.29, 1.82) is 0 Å². The van der Waals surface area contributed by atoms with Crippen LogP contribution in [0, 0.1) is 0 Å². The Hall–Kier alpha value is -3.94. The Morgan fingerprint density at radius 2 is 1.81 bits per heavy atom. The van der Waals surface area contributed by atoms with E-state index >= 15 is 0 Å². The minimum Gasteiger partial charge on any atom is -0.344 e. The van der Waals surface area contributed by atoms with Crippen LogP contribution in [-0.4, -0.2) is 31.4 Å². The fraction of sp³-hybridized carbons (Fsp3) is 0.250. The maximum absolute atomic E-state index is 13.3. The van der Waals surface area contributed by atoms with Crippen molar-refractivity contribution in [2.45, 2.75) is 25.9 Å². The highest BCUT2D eigenvalue weighted by molar-refractivity contribution is 5.99. The lowest BCUT2D eigenvalue weighted by molar-refractivity contribution is -0.113. The molecule has 32 heavy (non-hydrogen) atoms. The quantitative estimate of drug-likeness (QED) is 0.663. The van der Waals surface area contributed by atoms with Crippen LogP contribution in [0.25, 0.3) is 11.0 Å². The van der Waals surface area contributed by atoms with E-state index < -0.39 is 11.2 Å². The van der Waals surface area contributed by atoms with Gasteiger partial charge in [-0.1, -0.05) is 48.6 Å². The molecule has 1 atom stereocenters. The highest BCUT2D eigenvalue weighted by Gasteiger charge is 2.23. The summed E-state index contributed by atoms with van der Waals surface area (Å²) in [4.78, 5) is 50.1. The van der Waals surface area contributed by atoms with Gasteiger partial charge in [-0.05, 0) is 25.0 Å². The predicted molar refractivity (Wildman–Crippen MR) is 122 cm³/mol. The third-order valence-corrected chi connectivity index (χ3v) is 5.73. The average Bonchev–Trinajstić information content (AvgIpc) is 3.16. The topological polar surface area (TPSA) is 95.1 Å². The molecule has 0 unspecified atom stereocenters. The monoisotopic (exact) mass is 432 g/mol. The first-order chi connectivity index (χ1) is 15.3. The maximum Gasteiger partial charge on any atom is 0.332 e. The molecule has 0 fully saturated rings. The number of aryl methyl sites for hydroxylation is 1. The molecule has 1 aliphatic carbocycles. The summed E-state index contributed by atoms with van der Waals surface area (Å²) in [7, 11) is 3.01. The number of hydrogen-bond acceptors (Lipinski definition) is 4. The maximum atomic E-state index is 13.3. The van der Waals surface area contributed by atoms with Gasteiger partial charge in [-0.3, -0.25) is 23.5 Å². The minimum atomic E-state index is -0.459. The Labute approximate surface area is 184 Å². The molecule has 1 aromatic carbocycles. The molecule has 8 nitrogen and oxygen atoms in total. The zero-order chi connectivity index (χ0) is 23.0. The molecule has 0 saturated carbocycles. The number of nitrogens with zero attached hydrogens (tertiary/aromatic N) is 3. The van der Waals surface area contributed by atoms with E-state index in [1.165, 1.54) is 18.5 Å². The van der Waals surface area contributed by atoms with Gasteiger partial charge in [0.05, 0.1) is 11.4 Å². The van der Waals surface area contributed by atoms with Crippen LogP contribution in [0.1, 0.15) is 29.4 Å². The summed E-state index contributed by atoms with van der Waals surface area (Å²) >= 11 is 0. The van der Waals surface area contributed by atoms with Crippen LogP contribution in [0.15, 0.2) is 69.8 Å². The molecule has 0 spiro atoms. The number of amides is 1. The number of allylic oxidation sites excluding steroid dienone is 2. The van der Waals surface area contributed by atoms with Gasteiger partial charge in [-0.2, -0.15) is 0 Å². The van der Waals surface area contributed by atoms with Gasteiger partial charge in [-0.25, -0.2) is 4.79 Å². The van der Waals surface area contributed by atoms with Crippen LogP contribution in [0.3, 0.4) is 0 Å². The number of carbonyl (C=O) groups is 2. The Balaban J connectivity index is 1.78. The van der Waals surface area contributed by atoms with Crippen molar-refractivity contribution in [3.05, 3.63) is 92.3 Å². The number of nitrogens with one attached hydrogen (secondary N) is 1. The molecule has 2 aromatic heterocycles. The van der Waals surface area contributed by atoms with Crippen molar-refractivity contribution in [1.82, 2.24) is 19.0 Å². The number of aromatic nitrogens is 3. The van der Waals surface area contributed by atoms with Crippen molar-refractivity contribution in [3.63, 3.8) is 0 Å². The smallest absolute Gasteiger partial charge is 0.332 e. The third-order valence-electron chi connectivity index (χ3n) is 5.73. The predicted octanol–water partition coefficient (Wildman–Crippen LogP) is 1.66. The molecule has 8 heteroatoms. The summed E-state index contributed by atoms with van der Waals surface area (Å²) in [6.45, 7) is 1.82. The van der Waals surface area contributed by atoms with Gasteiger partial charge in [0.15, 0.2) is 5.78 Å². The fourth-order valence-corrected chi connectivity index (χ4v) is 3.99. The molecule has 2 heterocycles. The largest absolute Gasteiger partial charge is 0.344 e. The van der Waals surface area contributed by atoms with Gasteiger partial charge in [-0.15, -0.1) is 0 Å². The standard InChI is InChI=1S/C24H24N4O4/c1-15(29)17-9-11-18(12-10-17)25-21(30)20-13-19-22(26(2)24(32)27(3)23(19)31)28(20)14-16-7-5-4-6-8-16/h4-11,13,18H,12,14H2,1-3H3,(H,25,30)/t18-/m1/s1. The van der Waals surface area contributed by atoms with Crippen molar-refractivity contribution in [2.75, 3.05) is 0 Å². The van der Waals surface area contributed by atoms with Crippen LogP contribution in [0.5, 0.6) is 0 Å². The highest BCUT2D eigenvalue weighted by Crippen LogP contribution is 2.19. The second-order valence-electron chi connectivity index (χ2n) is 7.93. The summed E-state index contributed by atoms with van der Waals surface area (Å²) < 4.78 is 4.12. The van der Waals surface area contributed by atoms with Crippen molar-refractivity contribution >= 4 is 22.7 Å². The highest BCUT2D eigenvalue weighted by atomic mass is 16.2. The van der Waals surface area contributed by atoms with E-state index in [9.17, 15) is 19.2 Å². The molecule has 0 aliphatic heterocycles. The molecule has 1 amide bonds. The minimum absolute atomic E-state index is 0.0224. The van der Waals surface area contributed by atoms with E-state index in [0.717, 1.165) is 10.1 Å². The van der Waals surface area contributed by atoms with E-state index in [-0.39, 0.29) is 23.4 Å². The number of hydrogen-bond donors (Lipinski definition) is 1. The van der Waals surface area contributed by atoms with E-state index in [1.807, 2.05) is 30.3 Å². The molecule has 164 valence electrons. The summed E-state index contributed by atoms with van der Waals surface area (Å²) in [6, 6.07) is 10.8. The van der Waals surface area contributed by atoms with Crippen LogP contribution in [0.2, 0.25) is 0 Å². The van der Waals surface area contributed by atoms with Gasteiger partial charge < -0.3 is 9.88 Å². The van der Waals surface area contributed by atoms with Crippen molar-refractivity contribution in [2.24, 2.45) is 14.1 Å².